The zero-order valence-corrected chi connectivity index (χ0v) is 54.6. The average Bonchev–Trinajstić information content (AvgIpc) is 1.51. The van der Waals surface area contributed by atoms with Crippen molar-refractivity contribution >= 4 is 101 Å². The van der Waals surface area contributed by atoms with Crippen LogP contribution in [0, 0.1) is 0 Å². The number of nitrogens with zero attached hydrogens (tertiary/aromatic N) is 9. The minimum atomic E-state index is 0.0377. The van der Waals surface area contributed by atoms with Crippen LogP contribution in [0.2, 0.25) is 0 Å². The molecule has 14 aromatic carbocycles. The molecule has 101 heavy (non-hydrogen) atoms. The van der Waals surface area contributed by atoms with Gasteiger partial charge in [-0.15, -0.1) is 0 Å². The van der Waals surface area contributed by atoms with E-state index in [0.717, 1.165) is 123 Å². The molecule has 20 rings (SSSR count). The number of hydrogen-bond donors (Lipinski definition) is 0. The van der Waals surface area contributed by atoms with Gasteiger partial charge in [-0.1, -0.05) is 237 Å². The summed E-state index contributed by atoms with van der Waals surface area (Å²) in [6, 6.07) is 126. The Hall–Kier alpha value is -13.6. The normalized spacial score (nSPS) is 12.3. The first-order chi connectivity index (χ1) is 50.1. The summed E-state index contributed by atoms with van der Waals surface area (Å²) in [5, 5.41) is 4.66. The molecular weight excluding hydrogens is 1230 g/mol. The maximum atomic E-state index is 5.78. The van der Waals surface area contributed by atoms with Crippen molar-refractivity contribution in [3.05, 3.63) is 352 Å². The van der Waals surface area contributed by atoms with E-state index in [9.17, 15) is 0 Å². The smallest absolute Gasteiger partial charge is 0.252 e. The fourth-order valence-corrected chi connectivity index (χ4v) is 15.7. The number of anilines is 6. The van der Waals surface area contributed by atoms with Crippen LogP contribution in [0.15, 0.2) is 352 Å². The van der Waals surface area contributed by atoms with Gasteiger partial charge in [0, 0.05) is 94.7 Å². The second-order valence-electron chi connectivity index (χ2n) is 25.9. The van der Waals surface area contributed by atoms with Crippen LogP contribution < -0.4 is 26.2 Å². The highest BCUT2D eigenvalue weighted by molar-refractivity contribution is 7.00. The number of para-hydroxylation sites is 6. The van der Waals surface area contributed by atoms with Crippen molar-refractivity contribution in [3.63, 3.8) is 0 Å². The molecule has 0 spiro atoms. The molecule has 10 heteroatoms. The van der Waals surface area contributed by atoms with Crippen molar-refractivity contribution in [2.24, 2.45) is 0 Å². The lowest BCUT2D eigenvalue weighted by Crippen LogP contribution is -2.61. The van der Waals surface area contributed by atoms with Crippen LogP contribution in [0.5, 0.6) is 0 Å². The molecule has 0 N–H and O–H groups in total. The summed E-state index contributed by atoms with van der Waals surface area (Å²) < 4.78 is 4.82. The van der Waals surface area contributed by atoms with Gasteiger partial charge in [0.25, 0.3) is 6.71 Å². The molecule has 2 aliphatic rings. The molecule has 4 aromatic heterocycles. The standard InChI is InChI=1S/C91H58BN9/c1-6-27-59(28-7-1)76-57-77(94-90(93-76)64-35-24-33-62(53-64)63-34-25-40-68(54-63)100-82-48-23-19-44-75(82)92-74-43-18-22-47-81(74)99(67-38-14-5-15-39-67)83-49-26-50-84(100)87(83)92)73-55-65(91-96-88(60-29-8-2-9-30-60)95-89(97-91)61-31-10-3-11-32-61)51-52-80(73)101-79-46-21-17-42-70(79)72-56-71-69-41-16-20-45-78(69)98(85(71)58-86(72)101)66-36-12-4-13-37-66/h1-58H. The predicted molar refractivity (Wildman–Crippen MR) is 416 cm³/mol. The van der Waals surface area contributed by atoms with E-state index in [1.165, 1.54) is 38.5 Å². The molecule has 0 radical (unpaired) electrons. The van der Waals surface area contributed by atoms with Gasteiger partial charge in [-0.2, -0.15) is 0 Å². The lowest BCUT2D eigenvalue weighted by molar-refractivity contribution is 1.07. The molecule has 0 saturated heterocycles. The SMILES string of the molecule is c1ccc(-c2cc(-c3cc(-c4nc(-c5ccccc5)nc(-c5ccccc5)n4)ccc3-n3c4ccccc4c4cc5c6ccccc6n(-c6ccccc6)c5cc43)nc(-c3cccc(-c4cccc(N5c6ccccc6B6c7ccccc7N(c7ccccc7)c7cccc5c76)c4)c3)n2)cc1. The quantitative estimate of drug-likeness (QED) is 0.119. The van der Waals surface area contributed by atoms with Crippen molar-refractivity contribution in [1.29, 1.82) is 0 Å². The summed E-state index contributed by atoms with van der Waals surface area (Å²) in [4.78, 5) is 32.0. The molecule has 18 aromatic rings. The van der Waals surface area contributed by atoms with Crippen molar-refractivity contribution in [2.75, 3.05) is 9.80 Å². The number of rotatable bonds is 11. The highest BCUT2D eigenvalue weighted by atomic mass is 15.2. The van der Waals surface area contributed by atoms with Crippen LogP contribution in [-0.2, 0) is 0 Å². The lowest BCUT2D eigenvalue weighted by atomic mass is 9.33. The molecule has 0 unspecified atom stereocenters. The second-order valence-corrected chi connectivity index (χ2v) is 25.9. The maximum absolute atomic E-state index is 5.78. The number of hydrogen-bond acceptors (Lipinski definition) is 7. The van der Waals surface area contributed by atoms with E-state index in [1.807, 2.05) is 60.7 Å². The molecule has 9 nitrogen and oxygen atoms in total. The second kappa shape index (κ2) is 23.6. The van der Waals surface area contributed by atoms with E-state index in [2.05, 4.69) is 310 Å². The van der Waals surface area contributed by atoms with Crippen LogP contribution in [0.3, 0.4) is 0 Å². The number of benzene rings is 14. The van der Waals surface area contributed by atoms with Gasteiger partial charge in [0.1, 0.15) is 0 Å². The predicted octanol–water partition coefficient (Wildman–Crippen LogP) is 20.6. The van der Waals surface area contributed by atoms with E-state index < -0.39 is 0 Å². The van der Waals surface area contributed by atoms with Gasteiger partial charge in [-0.05, 0) is 143 Å². The lowest BCUT2D eigenvalue weighted by Gasteiger charge is -2.44. The number of fused-ring (bicyclic) bond motifs is 10. The highest BCUT2D eigenvalue weighted by Gasteiger charge is 2.43. The van der Waals surface area contributed by atoms with E-state index in [0.29, 0.717) is 23.3 Å². The van der Waals surface area contributed by atoms with E-state index in [-0.39, 0.29) is 6.71 Å². The molecule has 0 atom stereocenters. The molecule has 0 aliphatic carbocycles. The first-order valence-corrected chi connectivity index (χ1v) is 34.3. The molecule has 0 fully saturated rings. The Labute approximate surface area is 583 Å². The van der Waals surface area contributed by atoms with Gasteiger partial charge in [0.2, 0.25) is 0 Å². The molecular formula is C91H58BN9. The molecule has 0 amide bonds. The molecule has 0 saturated carbocycles. The highest BCUT2D eigenvalue weighted by Crippen LogP contribution is 2.47. The third-order valence-corrected chi connectivity index (χ3v) is 20.1. The molecule has 470 valence electrons. The first-order valence-electron chi connectivity index (χ1n) is 34.3. The third kappa shape index (κ3) is 9.59. The van der Waals surface area contributed by atoms with Crippen LogP contribution in [0.1, 0.15) is 0 Å². The van der Waals surface area contributed by atoms with Gasteiger partial charge in [-0.3, -0.25) is 0 Å². The Morgan fingerprint density at radius 2 is 0.644 bits per heavy atom. The van der Waals surface area contributed by atoms with Crippen LogP contribution in [0.4, 0.5) is 34.1 Å². The fourth-order valence-electron chi connectivity index (χ4n) is 15.7. The molecule has 6 heterocycles. The Kier molecular flexibility index (Phi) is 13.5. The van der Waals surface area contributed by atoms with Gasteiger partial charge < -0.3 is 18.9 Å². The molecule has 0 bridgehead atoms. The topological polar surface area (TPSA) is 80.8 Å². The van der Waals surface area contributed by atoms with Crippen molar-refractivity contribution in [3.8, 4) is 90.6 Å². The summed E-state index contributed by atoms with van der Waals surface area (Å²) >= 11 is 0. The van der Waals surface area contributed by atoms with E-state index in [1.54, 1.807) is 0 Å². The summed E-state index contributed by atoms with van der Waals surface area (Å²) in [7, 11) is 0. The van der Waals surface area contributed by atoms with Crippen LogP contribution >= 0.6 is 0 Å². The first kappa shape index (κ1) is 57.7. The zero-order chi connectivity index (χ0) is 66.5. The fraction of sp³-hybridized carbons (Fsp3) is 0. The summed E-state index contributed by atoms with van der Waals surface area (Å²) in [5.74, 6) is 2.28. The Balaban J connectivity index is 0.782. The molecule has 2 aliphatic heterocycles. The van der Waals surface area contributed by atoms with E-state index >= 15 is 0 Å². The maximum Gasteiger partial charge on any atom is 0.252 e. The Bertz CT molecular complexity index is 6240. The van der Waals surface area contributed by atoms with Gasteiger partial charge in [-0.25, -0.2) is 24.9 Å². The minimum Gasteiger partial charge on any atom is -0.311 e. The van der Waals surface area contributed by atoms with Gasteiger partial charge in [0.15, 0.2) is 23.3 Å². The van der Waals surface area contributed by atoms with Crippen LogP contribution in [0.25, 0.3) is 134 Å². The largest absolute Gasteiger partial charge is 0.311 e. The van der Waals surface area contributed by atoms with Crippen molar-refractivity contribution in [1.82, 2.24) is 34.1 Å². The van der Waals surface area contributed by atoms with Gasteiger partial charge in [0.05, 0.1) is 39.1 Å². The summed E-state index contributed by atoms with van der Waals surface area (Å²) in [5.41, 5.74) is 26.0. The van der Waals surface area contributed by atoms with Crippen LogP contribution in [-0.4, -0.2) is 40.8 Å². The monoisotopic (exact) mass is 1290 g/mol. The summed E-state index contributed by atoms with van der Waals surface area (Å²) in [6.45, 7) is 0.0377. The number of aromatic nitrogens is 7. The van der Waals surface area contributed by atoms with Crippen molar-refractivity contribution < 1.29 is 0 Å². The Morgan fingerprint density at radius 1 is 0.218 bits per heavy atom. The third-order valence-electron chi connectivity index (χ3n) is 20.1. The minimum absolute atomic E-state index is 0.0377. The average molecular weight is 1290 g/mol. The van der Waals surface area contributed by atoms with Gasteiger partial charge >= 0.3 is 0 Å². The van der Waals surface area contributed by atoms with Crippen molar-refractivity contribution in [2.45, 2.75) is 0 Å². The Morgan fingerprint density at radius 3 is 1.28 bits per heavy atom. The zero-order valence-electron chi connectivity index (χ0n) is 54.6. The summed E-state index contributed by atoms with van der Waals surface area (Å²) in [6.07, 6.45) is 0. The van der Waals surface area contributed by atoms with E-state index in [4.69, 9.17) is 24.9 Å².